The minimum atomic E-state index is -0.475. The molecule has 0 aromatic carbocycles. The number of allylic oxidation sites excluding steroid dienone is 3. The molecule has 11 heavy (non-hydrogen) atoms. The lowest BCUT2D eigenvalue weighted by atomic mass is 10.1. The zero-order chi connectivity index (χ0) is 8.43. The summed E-state index contributed by atoms with van der Waals surface area (Å²) in [5.74, 6) is -1.29. The molecule has 0 amide bonds. The molecular weight excluding hydrogens is 164 g/mol. The molecule has 0 spiro atoms. The first-order valence-corrected chi connectivity index (χ1v) is 4.12. The minimum Gasteiger partial charge on any atom is -0.504 e. The van der Waals surface area contributed by atoms with Crippen molar-refractivity contribution in [2.45, 2.75) is 0 Å². The molecule has 0 saturated carbocycles. The van der Waals surface area contributed by atoms with Crippen LogP contribution in [-0.4, -0.2) is 22.9 Å². The smallest absolute Gasteiger partial charge is 0.233 e. The molecule has 0 radical (unpaired) electrons. The quantitative estimate of drug-likeness (QED) is 0.592. The third-order valence-electron chi connectivity index (χ3n) is 1.23. The van der Waals surface area contributed by atoms with Crippen LogP contribution in [0.1, 0.15) is 0 Å². The van der Waals surface area contributed by atoms with Gasteiger partial charge in [-0.25, -0.2) is 0 Å². The van der Waals surface area contributed by atoms with E-state index >= 15 is 0 Å². The topological polar surface area (TPSA) is 54.4 Å². The number of hydrogen-bond acceptors (Lipinski definition) is 4. The molecule has 1 rings (SSSR count). The van der Waals surface area contributed by atoms with Gasteiger partial charge < -0.3 is 5.11 Å². The van der Waals surface area contributed by atoms with Crippen LogP contribution in [0.4, 0.5) is 0 Å². The second kappa shape index (κ2) is 2.92. The second-order valence-corrected chi connectivity index (χ2v) is 2.82. The second-order valence-electron chi connectivity index (χ2n) is 1.97. The molecule has 4 heteroatoms. The summed E-state index contributed by atoms with van der Waals surface area (Å²) in [5, 5.41) is 8.89. The minimum absolute atomic E-state index is 0.287. The van der Waals surface area contributed by atoms with E-state index in [0.29, 0.717) is 0 Å². The lowest BCUT2D eigenvalue weighted by molar-refractivity contribution is -0.116. The summed E-state index contributed by atoms with van der Waals surface area (Å²) in [7, 11) is 0. The number of rotatable bonds is 1. The van der Waals surface area contributed by atoms with Crippen LogP contribution in [0.2, 0.25) is 0 Å². The molecular formula is C7H6O3S. The summed E-state index contributed by atoms with van der Waals surface area (Å²) in [6, 6.07) is 0. The number of hydrogen-bond donors (Lipinski definition) is 1. The highest BCUT2D eigenvalue weighted by Crippen LogP contribution is 2.19. The summed E-state index contributed by atoms with van der Waals surface area (Å²) < 4.78 is 0. The van der Waals surface area contributed by atoms with E-state index < -0.39 is 11.5 Å². The number of Topliss-reactive ketones (excluding diaryl/α,β-unsaturated/α-hetero) is 1. The number of thioether (sulfide) groups is 1. The third kappa shape index (κ3) is 1.51. The van der Waals surface area contributed by atoms with Crippen LogP contribution in [-0.2, 0) is 9.59 Å². The lowest BCUT2D eigenvalue weighted by Crippen LogP contribution is -2.11. The lowest BCUT2D eigenvalue weighted by Gasteiger charge is -2.05. The first-order chi connectivity index (χ1) is 5.15. The van der Waals surface area contributed by atoms with E-state index in [0.717, 1.165) is 17.8 Å². The molecule has 0 aromatic rings. The number of carbonyl (C=O) groups excluding carboxylic acids is 2. The van der Waals surface area contributed by atoms with Crippen molar-refractivity contribution in [2.24, 2.45) is 0 Å². The highest BCUT2D eigenvalue weighted by Gasteiger charge is 2.19. The molecule has 1 aliphatic carbocycles. The maximum atomic E-state index is 10.9. The fourth-order valence-corrected chi connectivity index (χ4v) is 1.24. The van der Waals surface area contributed by atoms with Crippen molar-refractivity contribution in [3.8, 4) is 0 Å². The van der Waals surface area contributed by atoms with Crippen LogP contribution in [0.3, 0.4) is 0 Å². The molecule has 0 saturated heterocycles. The van der Waals surface area contributed by atoms with Crippen molar-refractivity contribution in [1.82, 2.24) is 0 Å². The van der Waals surface area contributed by atoms with Gasteiger partial charge in [0, 0.05) is 12.2 Å². The van der Waals surface area contributed by atoms with E-state index in [-0.39, 0.29) is 10.7 Å². The highest BCUT2D eigenvalue weighted by molar-refractivity contribution is 8.03. The van der Waals surface area contributed by atoms with Crippen LogP contribution in [0.25, 0.3) is 0 Å². The van der Waals surface area contributed by atoms with Crippen molar-refractivity contribution < 1.29 is 14.7 Å². The van der Waals surface area contributed by atoms with Crippen molar-refractivity contribution in [3.05, 3.63) is 22.8 Å². The molecule has 0 bridgehead atoms. The maximum absolute atomic E-state index is 10.9. The zero-order valence-electron chi connectivity index (χ0n) is 5.83. The van der Waals surface area contributed by atoms with Crippen LogP contribution in [0, 0.1) is 0 Å². The van der Waals surface area contributed by atoms with Gasteiger partial charge in [0.25, 0.3) is 0 Å². The predicted molar refractivity (Wildman–Crippen MR) is 42.3 cm³/mol. The van der Waals surface area contributed by atoms with Crippen molar-refractivity contribution in [2.75, 3.05) is 6.26 Å². The summed E-state index contributed by atoms with van der Waals surface area (Å²) in [6.45, 7) is 0. The Kier molecular flexibility index (Phi) is 2.14. The Bertz CT molecular complexity index is 275. The maximum Gasteiger partial charge on any atom is 0.233 e. The van der Waals surface area contributed by atoms with Crippen LogP contribution >= 0.6 is 11.8 Å². The van der Waals surface area contributed by atoms with E-state index in [4.69, 9.17) is 5.11 Å². The van der Waals surface area contributed by atoms with Gasteiger partial charge >= 0.3 is 0 Å². The normalized spacial score (nSPS) is 17.9. The summed E-state index contributed by atoms with van der Waals surface area (Å²) >= 11 is 1.15. The Labute approximate surface area is 67.8 Å². The molecule has 58 valence electrons. The molecule has 1 N–H and O–H groups in total. The van der Waals surface area contributed by atoms with Crippen molar-refractivity contribution >= 4 is 23.3 Å². The van der Waals surface area contributed by atoms with E-state index in [9.17, 15) is 9.59 Å². The molecule has 0 heterocycles. The van der Waals surface area contributed by atoms with Gasteiger partial charge in [-0.3, -0.25) is 9.59 Å². The molecule has 0 aromatic heterocycles. The predicted octanol–water partition coefficient (Wildman–Crippen LogP) is 0.827. The van der Waals surface area contributed by atoms with E-state index in [1.165, 1.54) is 6.08 Å². The summed E-state index contributed by atoms with van der Waals surface area (Å²) in [4.78, 5) is 21.9. The largest absolute Gasteiger partial charge is 0.504 e. The van der Waals surface area contributed by atoms with Crippen LogP contribution < -0.4 is 0 Å². The van der Waals surface area contributed by atoms with Gasteiger partial charge in [-0.2, -0.15) is 0 Å². The molecule has 0 aliphatic heterocycles. The van der Waals surface area contributed by atoms with Crippen molar-refractivity contribution in [1.29, 1.82) is 0 Å². The molecule has 1 aliphatic rings. The van der Waals surface area contributed by atoms with Gasteiger partial charge in [0.1, 0.15) is 0 Å². The molecule has 0 atom stereocenters. The number of carbonyl (C=O) groups is 2. The summed E-state index contributed by atoms with van der Waals surface area (Å²) in [5.41, 5.74) is 0. The molecule has 3 nitrogen and oxygen atoms in total. The van der Waals surface area contributed by atoms with Crippen molar-refractivity contribution in [3.63, 3.8) is 0 Å². The SMILES string of the molecule is CSC1=CC(=O)C=C(O)C1=O. The van der Waals surface area contributed by atoms with Gasteiger partial charge in [-0.1, -0.05) is 0 Å². The van der Waals surface area contributed by atoms with Gasteiger partial charge in [-0.05, 0) is 6.26 Å². The van der Waals surface area contributed by atoms with E-state index in [1.807, 2.05) is 0 Å². The average molecular weight is 170 g/mol. The fourth-order valence-electron chi connectivity index (χ4n) is 0.715. The summed E-state index contributed by atoms with van der Waals surface area (Å²) in [6.07, 6.45) is 3.81. The van der Waals surface area contributed by atoms with Gasteiger partial charge in [0.05, 0.1) is 4.91 Å². The molecule has 0 fully saturated rings. The van der Waals surface area contributed by atoms with Crippen LogP contribution in [0.15, 0.2) is 22.8 Å². The average Bonchev–Trinajstić information content (AvgIpc) is 1.96. The number of ketones is 2. The monoisotopic (exact) mass is 170 g/mol. The Hall–Kier alpha value is -1.03. The van der Waals surface area contributed by atoms with Gasteiger partial charge in [0.2, 0.25) is 5.78 Å². The van der Waals surface area contributed by atoms with Crippen LogP contribution in [0.5, 0.6) is 0 Å². The first kappa shape index (κ1) is 8.07. The Balaban J connectivity index is 3.00. The number of aliphatic hydroxyl groups is 1. The Morgan fingerprint density at radius 2 is 2.00 bits per heavy atom. The van der Waals surface area contributed by atoms with Gasteiger partial charge in [-0.15, -0.1) is 11.8 Å². The van der Waals surface area contributed by atoms with E-state index in [2.05, 4.69) is 0 Å². The first-order valence-electron chi connectivity index (χ1n) is 2.90. The highest BCUT2D eigenvalue weighted by atomic mass is 32.2. The Morgan fingerprint density at radius 3 is 2.55 bits per heavy atom. The van der Waals surface area contributed by atoms with E-state index in [1.54, 1.807) is 6.26 Å². The standard InChI is InChI=1S/C7H6O3S/c1-11-6-3-4(8)2-5(9)7(6)10/h2-3,9H,1H3. The molecule has 0 unspecified atom stereocenters. The Morgan fingerprint density at radius 1 is 1.36 bits per heavy atom. The van der Waals surface area contributed by atoms with Gasteiger partial charge in [0.15, 0.2) is 11.5 Å². The fraction of sp³-hybridized carbons (Fsp3) is 0.143. The zero-order valence-corrected chi connectivity index (χ0v) is 6.64. The number of aliphatic hydroxyl groups excluding tert-OH is 1. The third-order valence-corrected chi connectivity index (χ3v) is 1.97.